The third-order valence-corrected chi connectivity index (χ3v) is 2.30. The van der Waals surface area contributed by atoms with Crippen molar-refractivity contribution in [2.24, 2.45) is 0 Å². The van der Waals surface area contributed by atoms with Gasteiger partial charge in [-0.3, -0.25) is 4.79 Å². The van der Waals surface area contributed by atoms with Gasteiger partial charge in [0.25, 0.3) is 0 Å². The minimum Gasteiger partial charge on any atom is -0.396 e. The lowest BCUT2D eigenvalue weighted by atomic mass is 10.4. The molecule has 2 N–H and O–H groups in total. The van der Waals surface area contributed by atoms with Crippen molar-refractivity contribution in [2.45, 2.75) is 25.5 Å². The highest BCUT2D eigenvalue weighted by Crippen LogP contribution is 2.07. The lowest BCUT2D eigenvalue weighted by Crippen LogP contribution is -2.27. The number of hydrogen-bond donors (Lipinski definition) is 2. The topological polar surface area (TPSA) is 49.3 Å². The zero-order chi connectivity index (χ0) is 9.40. The number of hydrogen-bond acceptors (Lipinski definition) is 3. The number of aliphatic hydroxyl groups excluding tert-OH is 1. The second-order valence-electron chi connectivity index (χ2n) is 2.79. The summed E-state index contributed by atoms with van der Waals surface area (Å²) in [7, 11) is 0. The molecule has 0 radical (unpaired) electrons. The van der Waals surface area contributed by atoms with Gasteiger partial charge in [-0.1, -0.05) is 13.8 Å². The number of nitrogens with one attached hydrogen (secondary N) is 1. The lowest BCUT2D eigenvalue weighted by Gasteiger charge is -2.05. The normalized spacial score (nSPS) is 10.3. The molecule has 0 aromatic heterocycles. The van der Waals surface area contributed by atoms with Crippen LogP contribution in [0.4, 0.5) is 0 Å². The molecule has 4 heteroatoms. The molecule has 0 heterocycles. The van der Waals surface area contributed by atoms with E-state index in [1.165, 1.54) is 0 Å². The van der Waals surface area contributed by atoms with Crippen LogP contribution in [0.5, 0.6) is 0 Å². The van der Waals surface area contributed by atoms with Gasteiger partial charge in [-0.05, 0) is 11.7 Å². The first-order chi connectivity index (χ1) is 5.66. The second-order valence-corrected chi connectivity index (χ2v) is 4.35. The average Bonchev–Trinajstić information content (AvgIpc) is 2.01. The molecular formula is C8H17NO2S. The Kier molecular flexibility index (Phi) is 7.29. The zero-order valence-corrected chi connectivity index (χ0v) is 8.49. The summed E-state index contributed by atoms with van der Waals surface area (Å²) in [5, 5.41) is 11.7. The van der Waals surface area contributed by atoms with Crippen LogP contribution >= 0.6 is 11.8 Å². The van der Waals surface area contributed by atoms with Crippen molar-refractivity contribution in [2.75, 3.05) is 18.9 Å². The van der Waals surface area contributed by atoms with Gasteiger partial charge in [-0.15, -0.1) is 11.8 Å². The van der Waals surface area contributed by atoms with Crippen molar-refractivity contribution in [3.8, 4) is 0 Å². The summed E-state index contributed by atoms with van der Waals surface area (Å²) >= 11 is 1.62. The van der Waals surface area contributed by atoms with Crippen LogP contribution in [-0.2, 0) is 4.79 Å². The van der Waals surface area contributed by atoms with E-state index in [0.29, 0.717) is 24.0 Å². The molecule has 0 aliphatic heterocycles. The van der Waals surface area contributed by atoms with Crippen molar-refractivity contribution in [1.82, 2.24) is 5.32 Å². The smallest absolute Gasteiger partial charge is 0.230 e. The number of amides is 1. The van der Waals surface area contributed by atoms with Gasteiger partial charge in [0, 0.05) is 13.2 Å². The van der Waals surface area contributed by atoms with Gasteiger partial charge in [-0.25, -0.2) is 0 Å². The van der Waals surface area contributed by atoms with Crippen molar-refractivity contribution in [3.05, 3.63) is 0 Å². The van der Waals surface area contributed by atoms with Crippen LogP contribution < -0.4 is 5.32 Å². The molecule has 0 spiro atoms. The van der Waals surface area contributed by atoms with Crippen LogP contribution in [0, 0.1) is 0 Å². The SMILES string of the molecule is CC(C)SCC(=O)NCCCO. The zero-order valence-electron chi connectivity index (χ0n) is 7.67. The maximum atomic E-state index is 11.0. The molecule has 0 aromatic carbocycles. The summed E-state index contributed by atoms with van der Waals surface area (Å²) in [5.41, 5.74) is 0. The highest BCUT2D eigenvalue weighted by molar-refractivity contribution is 8.00. The third kappa shape index (κ3) is 7.88. The van der Waals surface area contributed by atoms with Gasteiger partial charge in [-0.2, -0.15) is 0 Å². The second kappa shape index (κ2) is 7.43. The van der Waals surface area contributed by atoms with E-state index in [2.05, 4.69) is 19.2 Å². The number of carbonyl (C=O) groups excluding carboxylic acids is 1. The van der Waals surface area contributed by atoms with E-state index in [1.54, 1.807) is 11.8 Å². The molecule has 0 unspecified atom stereocenters. The summed E-state index contributed by atoms with van der Waals surface area (Å²) in [6, 6.07) is 0. The van der Waals surface area contributed by atoms with E-state index in [4.69, 9.17) is 5.11 Å². The van der Waals surface area contributed by atoms with Gasteiger partial charge in [0.1, 0.15) is 0 Å². The van der Waals surface area contributed by atoms with Gasteiger partial charge in [0.2, 0.25) is 5.91 Å². The molecule has 12 heavy (non-hydrogen) atoms. The molecule has 3 nitrogen and oxygen atoms in total. The highest BCUT2D eigenvalue weighted by Gasteiger charge is 2.01. The molecule has 0 aliphatic rings. The predicted molar refractivity (Wildman–Crippen MR) is 52.3 cm³/mol. The minimum absolute atomic E-state index is 0.0575. The quantitative estimate of drug-likeness (QED) is 0.605. The van der Waals surface area contributed by atoms with Crippen LogP contribution in [0.2, 0.25) is 0 Å². The Morgan fingerprint density at radius 1 is 1.58 bits per heavy atom. The largest absolute Gasteiger partial charge is 0.396 e. The summed E-state index contributed by atoms with van der Waals surface area (Å²) in [5.74, 6) is 0.575. The standard InChI is InChI=1S/C8H17NO2S/c1-7(2)12-6-8(11)9-4-3-5-10/h7,10H,3-6H2,1-2H3,(H,9,11). The Balaban J connectivity index is 3.22. The molecule has 0 atom stereocenters. The number of thioether (sulfide) groups is 1. The Hall–Kier alpha value is -0.220. The van der Waals surface area contributed by atoms with Gasteiger partial charge < -0.3 is 10.4 Å². The maximum absolute atomic E-state index is 11.0. The summed E-state index contributed by atoms with van der Waals surface area (Å²) in [4.78, 5) is 11.0. The van der Waals surface area contributed by atoms with Crippen molar-refractivity contribution < 1.29 is 9.90 Å². The van der Waals surface area contributed by atoms with Gasteiger partial charge in [0.15, 0.2) is 0 Å². The van der Waals surface area contributed by atoms with Crippen LogP contribution in [0.3, 0.4) is 0 Å². The lowest BCUT2D eigenvalue weighted by molar-refractivity contribution is -0.118. The first-order valence-electron chi connectivity index (χ1n) is 4.16. The van der Waals surface area contributed by atoms with Crippen molar-refractivity contribution in [3.63, 3.8) is 0 Å². The number of carbonyl (C=O) groups is 1. The Morgan fingerprint density at radius 2 is 2.25 bits per heavy atom. The predicted octanol–water partition coefficient (Wildman–Crippen LogP) is 0.627. The van der Waals surface area contributed by atoms with Crippen molar-refractivity contribution in [1.29, 1.82) is 0 Å². The van der Waals surface area contributed by atoms with E-state index in [1.807, 2.05) is 0 Å². The summed E-state index contributed by atoms with van der Waals surface area (Å²) in [6.45, 7) is 4.84. The Morgan fingerprint density at radius 3 is 2.75 bits per heavy atom. The van der Waals surface area contributed by atoms with Crippen LogP contribution in [0.25, 0.3) is 0 Å². The van der Waals surface area contributed by atoms with E-state index >= 15 is 0 Å². The summed E-state index contributed by atoms with van der Waals surface area (Å²) in [6.07, 6.45) is 0.637. The molecular weight excluding hydrogens is 174 g/mol. The Bertz CT molecular complexity index is 128. The molecule has 72 valence electrons. The molecule has 0 rings (SSSR count). The fourth-order valence-electron chi connectivity index (χ4n) is 0.600. The van der Waals surface area contributed by atoms with E-state index in [-0.39, 0.29) is 12.5 Å². The average molecular weight is 191 g/mol. The first kappa shape index (κ1) is 11.8. The minimum atomic E-state index is 0.0575. The van der Waals surface area contributed by atoms with Gasteiger partial charge in [0.05, 0.1) is 5.75 Å². The monoisotopic (exact) mass is 191 g/mol. The maximum Gasteiger partial charge on any atom is 0.230 e. The third-order valence-electron chi connectivity index (χ3n) is 1.20. The molecule has 1 amide bonds. The van der Waals surface area contributed by atoms with Crippen LogP contribution in [0.1, 0.15) is 20.3 Å². The van der Waals surface area contributed by atoms with Crippen LogP contribution in [-0.4, -0.2) is 35.2 Å². The molecule has 0 saturated heterocycles. The molecule has 0 saturated carbocycles. The molecule has 0 fully saturated rings. The highest BCUT2D eigenvalue weighted by atomic mass is 32.2. The van der Waals surface area contributed by atoms with Crippen molar-refractivity contribution >= 4 is 17.7 Å². The first-order valence-corrected chi connectivity index (χ1v) is 5.21. The summed E-state index contributed by atoms with van der Waals surface area (Å²) < 4.78 is 0. The van der Waals surface area contributed by atoms with E-state index in [0.717, 1.165) is 0 Å². The van der Waals surface area contributed by atoms with E-state index < -0.39 is 0 Å². The number of aliphatic hydroxyl groups is 1. The fourth-order valence-corrected chi connectivity index (χ4v) is 1.19. The fraction of sp³-hybridized carbons (Fsp3) is 0.875. The van der Waals surface area contributed by atoms with Crippen LogP contribution in [0.15, 0.2) is 0 Å². The molecule has 0 bridgehead atoms. The van der Waals surface area contributed by atoms with E-state index in [9.17, 15) is 4.79 Å². The number of rotatable bonds is 6. The molecule has 0 aromatic rings. The Labute approximate surface area is 77.9 Å². The molecule has 0 aliphatic carbocycles. The van der Waals surface area contributed by atoms with Gasteiger partial charge >= 0.3 is 0 Å².